The Morgan fingerprint density at radius 2 is 1.85 bits per heavy atom. The standard InChI is InChI=1S/C22H34N4O/c1-22(2)11-14-26(17-22)21(23-3)24-16-20(27)25-12-9-19(10-13-25)15-18-7-5-4-6-8-18/h4-8,19H,9-17H2,1-3H3,(H,23,24). The Balaban J connectivity index is 1.41. The van der Waals surface area contributed by atoms with E-state index in [2.05, 4.69) is 59.4 Å². The van der Waals surface area contributed by atoms with E-state index in [1.165, 1.54) is 5.56 Å². The molecule has 0 spiro atoms. The average molecular weight is 371 g/mol. The van der Waals surface area contributed by atoms with Crippen LogP contribution in [0.15, 0.2) is 35.3 Å². The molecule has 0 saturated carbocycles. The third-order valence-corrected chi connectivity index (χ3v) is 5.92. The van der Waals surface area contributed by atoms with E-state index >= 15 is 0 Å². The zero-order valence-electron chi connectivity index (χ0n) is 17.1. The number of hydrogen-bond acceptors (Lipinski definition) is 2. The number of rotatable bonds is 4. The van der Waals surface area contributed by atoms with Gasteiger partial charge in [0.05, 0.1) is 6.54 Å². The van der Waals surface area contributed by atoms with Crippen molar-refractivity contribution >= 4 is 11.9 Å². The van der Waals surface area contributed by atoms with Gasteiger partial charge in [0.15, 0.2) is 5.96 Å². The maximum absolute atomic E-state index is 12.6. The largest absolute Gasteiger partial charge is 0.347 e. The van der Waals surface area contributed by atoms with Gasteiger partial charge in [0.1, 0.15) is 0 Å². The van der Waals surface area contributed by atoms with Crippen LogP contribution in [0.5, 0.6) is 0 Å². The molecule has 0 aromatic heterocycles. The SMILES string of the molecule is CN=C(NCC(=O)N1CCC(Cc2ccccc2)CC1)N1CCC(C)(C)C1. The number of hydrogen-bond donors (Lipinski definition) is 1. The highest BCUT2D eigenvalue weighted by Gasteiger charge is 2.31. The summed E-state index contributed by atoms with van der Waals surface area (Å²) in [4.78, 5) is 21.3. The number of carbonyl (C=O) groups excluding carboxylic acids is 1. The minimum absolute atomic E-state index is 0.188. The zero-order chi connectivity index (χ0) is 19.3. The molecular weight excluding hydrogens is 336 g/mol. The van der Waals surface area contributed by atoms with Gasteiger partial charge in [-0.1, -0.05) is 44.2 Å². The lowest BCUT2D eigenvalue weighted by atomic mass is 9.90. The fourth-order valence-corrected chi connectivity index (χ4v) is 4.23. The lowest BCUT2D eigenvalue weighted by molar-refractivity contribution is -0.131. The second-order valence-corrected chi connectivity index (χ2v) is 8.75. The second-order valence-electron chi connectivity index (χ2n) is 8.75. The number of nitrogens with one attached hydrogen (secondary N) is 1. The highest BCUT2D eigenvalue weighted by atomic mass is 16.2. The fourth-order valence-electron chi connectivity index (χ4n) is 4.23. The third-order valence-electron chi connectivity index (χ3n) is 5.92. The Kier molecular flexibility index (Phi) is 6.40. The van der Waals surface area contributed by atoms with E-state index in [9.17, 15) is 4.79 Å². The molecule has 148 valence electrons. The van der Waals surface area contributed by atoms with Crippen molar-refractivity contribution in [3.8, 4) is 0 Å². The number of aliphatic imine (C=N–C) groups is 1. The van der Waals surface area contributed by atoms with Crippen molar-refractivity contribution in [3.63, 3.8) is 0 Å². The summed E-state index contributed by atoms with van der Waals surface area (Å²) in [6, 6.07) is 10.7. The Hall–Kier alpha value is -2.04. The minimum atomic E-state index is 0.188. The van der Waals surface area contributed by atoms with E-state index in [-0.39, 0.29) is 5.91 Å². The first-order chi connectivity index (χ1) is 13.0. The number of guanidine groups is 1. The van der Waals surface area contributed by atoms with Gasteiger partial charge >= 0.3 is 0 Å². The predicted molar refractivity (Wildman–Crippen MR) is 111 cm³/mol. The van der Waals surface area contributed by atoms with Gasteiger partial charge in [-0.05, 0) is 42.6 Å². The molecule has 0 aliphatic carbocycles. The first kappa shape index (κ1) is 19.7. The lowest BCUT2D eigenvalue weighted by Gasteiger charge is -2.32. The Morgan fingerprint density at radius 1 is 1.15 bits per heavy atom. The molecule has 27 heavy (non-hydrogen) atoms. The van der Waals surface area contributed by atoms with Crippen LogP contribution in [0.4, 0.5) is 0 Å². The molecule has 5 heteroatoms. The average Bonchev–Trinajstić information content (AvgIpc) is 3.03. The topological polar surface area (TPSA) is 47.9 Å². The van der Waals surface area contributed by atoms with Crippen molar-refractivity contribution in [1.82, 2.24) is 15.1 Å². The summed E-state index contributed by atoms with van der Waals surface area (Å²) in [6.45, 7) is 8.64. The van der Waals surface area contributed by atoms with Gasteiger partial charge in [-0.3, -0.25) is 9.79 Å². The van der Waals surface area contributed by atoms with Crippen molar-refractivity contribution in [1.29, 1.82) is 0 Å². The van der Waals surface area contributed by atoms with Gasteiger partial charge < -0.3 is 15.1 Å². The Bertz CT molecular complexity index is 648. The van der Waals surface area contributed by atoms with E-state index in [0.717, 1.165) is 57.8 Å². The predicted octanol–water partition coefficient (Wildman–Crippen LogP) is 2.78. The summed E-state index contributed by atoms with van der Waals surface area (Å²) in [7, 11) is 1.80. The summed E-state index contributed by atoms with van der Waals surface area (Å²) in [5, 5.41) is 3.28. The molecule has 3 rings (SSSR count). The van der Waals surface area contributed by atoms with Crippen LogP contribution in [0.25, 0.3) is 0 Å². The van der Waals surface area contributed by atoms with Crippen LogP contribution in [-0.4, -0.2) is 61.4 Å². The molecule has 1 amide bonds. The van der Waals surface area contributed by atoms with Crippen LogP contribution in [0.1, 0.15) is 38.7 Å². The molecule has 2 aliphatic heterocycles. The molecule has 0 radical (unpaired) electrons. The molecule has 2 saturated heterocycles. The van der Waals surface area contributed by atoms with Gasteiger partial charge in [-0.2, -0.15) is 0 Å². The smallest absolute Gasteiger partial charge is 0.241 e. The molecular formula is C22H34N4O. The lowest BCUT2D eigenvalue weighted by Crippen LogP contribution is -2.48. The summed E-state index contributed by atoms with van der Waals surface area (Å²) >= 11 is 0. The van der Waals surface area contributed by atoms with E-state index in [4.69, 9.17) is 0 Å². The van der Waals surface area contributed by atoms with E-state index in [0.29, 0.717) is 17.9 Å². The summed E-state index contributed by atoms with van der Waals surface area (Å²) in [6.07, 6.45) is 4.47. The number of carbonyl (C=O) groups is 1. The molecule has 5 nitrogen and oxygen atoms in total. The number of nitrogens with zero attached hydrogens (tertiary/aromatic N) is 3. The van der Waals surface area contributed by atoms with E-state index < -0.39 is 0 Å². The first-order valence-electron chi connectivity index (χ1n) is 10.2. The van der Waals surface area contributed by atoms with Crippen LogP contribution in [0.3, 0.4) is 0 Å². The van der Waals surface area contributed by atoms with E-state index in [1.54, 1.807) is 7.05 Å². The number of piperidine rings is 1. The van der Waals surface area contributed by atoms with Crippen LogP contribution >= 0.6 is 0 Å². The first-order valence-corrected chi connectivity index (χ1v) is 10.2. The van der Waals surface area contributed by atoms with Crippen LogP contribution < -0.4 is 5.32 Å². The van der Waals surface area contributed by atoms with Crippen LogP contribution in [-0.2, 0) is 11.2 Å². The van der Waals surface area contributed by atoms with E-state index in [1.807, 2.05) is 4.90 Å². The van der Waals surface area contributed by atoms with Gasteiger partial charge in [0, 0.05) is 33.2 Å². The minimum Gasteiger partial charge on any atom is -0.347 e. The van der Waals surface area contributed by atoms with Crippen molar-refractivity contribution in [2.75, 3.05) is 39.8 Å². The molecule has 2 fully saturated rings. The summed E-state index contributed by atoms with van der Waals surface area (Å²) < 4.78 is 0. The quantitative estimate of drug-likeness (QED) is 0.655. The molecule has 1 aromatic carbocycles. The summed E-state index contributed by atoms with van der Waals surface area (Å²) in [5.41, 5.74) is 1.73. The normalized spacial score (nSPS) is 20.8. The molecule has 0 atom stereocenters. The molecule has 2 aliphatic rings. The summed E-state index contributed by atoms with van der Waals surface area (Å²) in [5.74, 6) is 1.73. The van der Waals surface area contributed by atoms with Crippen molar-refractivity contribution in [3.05, 3.63) is 35.9 Å². The molecule has 1 aromatic rings. The van der Waals surface area contributed by atoms with Gasteiger partial charge in [0.2, 0.25) is 5.91 Å². The van der Waals surface area contributed by atoms with Crippen molar-refractivity contribution in [2.45, 2.75) is 39.5 Å². The monoisotopic (exact) mass is 370 g/mol. The highest BCUT2D eigenvalue weighted by molar-refractivity contribution is 5.86. The maximum atomic E-state index is 12.6. The van der Waals surface area contributed by atoms with Gasteiger partial charge in [0.25, 0.3) is 0 Å². The second kappa shape index (κ2) is 8.77. The van der Waals surface area contributed by atoms with Crippen LogP contribution in [0.2, 0.25) is 0 Å². The van der Waals surface area contributed by atoms with Crippen molar-refractivity contribution < 1.29 is 4.79 Å². The Morgan fingerprint density at radius 3 is 2.44 bits per heavy atom. The third kappa shape index (κ3) is 5.47. The number of amides is 1. The molecule has 0 unspecified atom stereocenters. The molecule has 2 heterocycles. The molecule has 1 N–H and O–H groups in total. The molecule has 0 bridgehead atoms. The fraction of sp³-hybridized carbons (Fsp3) is 0.636. The number of benzene rings is 1. The highest BCUT2D eigenvalue weighted by Crippen LogP contribution is 2.28. The van der Waals surface area contributed by atoms with Crippen molar-refractivity contribution in [2.24, 2.45) is 16.3 Å². The van der Waals surface area contributed by atoms with Crippen LogP contribution in [0, 0.1) is 11.3 Å². The van der Waals surface area contributed by atoms with Gasteiger partial charge in [-0.15, -0.1) is 0 Å². The Labute approximate surface area is 163 Å². The number of likely N-dealkylation sites (tertiary alicyclic amines) is 2. The zero-order valence-corrected chi connectivity index (χ0v) is 17.1. The van der Waals surface area contributed by atoms with Gasteiger partial charge in [-0.25, -0.2) is 0 Å². The maximum Gasteiger partial charge on any atom is 0.241 e.